The summed E-state index contributed by atoms with van der Waals surface area (Å²) in [4.78, 5) is 12.8. The summed E-state index contributed by atoms with van der Waals surface area (Å²) in [5, 5.41) is 2.61. The SMILES string of the molecule is O=CNCCC[n+]1cc[nH]c1. The zero-order valence-electron chi connectivity index (χ0n) is 6.29. The third-order valence-electron chi connectivity index (χ3n) is 1.42. The van der Waals surface area contributed by atoms with Crippen LogP contribution in [-0.4, -0.2) is 17.9 Å². The maximum atomic E-state index is 9.84. The number of nitrogens with one attached hydrogen (secondary N) is 2. The van der Waals surface area contributed by atoms with Gasteiger partial charge in [-0.05, 0) is 0 Å². The molecule has 0 aliphatic rings. The summed E-state index contributed by atoms with van der Waals surface area (Å²) in [5.41, 5.74) is 0. The summed E-state index contributed by atoms with van der Waals surface area (Å²) in [5.74, 6) is 0. The zero-order valence-corrected chi connectivity index (χ0v) is 6.29. The second-order valence-corrected chi connectivity index (χ2v) is 2.27. The van der Waals surface area contributed by atoms with Crippen molar-refractivity contribution in [3.63, 3.8) is 0 Å². The molecule has 0 atom stereocenters. The third-order valence-corrected chi connectivity index (χ3v) is 1.42. The van der Waals surface area contributed by atoms with E-state index in [2.05, 4.69) is 10.3 Å². The Labute approximate surface area is 65.2 Å². The van der Waals surface area contributed by atoms with E-state index in [1.165, 1.54) is 0 Å². The molecule has 1 amide bonds. The molecule has 4 nitrogen and oxygen atoms in total. The molecule has 0 bridgehead atoms. The molecular formula is C7H12N3O+. The van der Waals surface area contributed by atoms with Crippen LogP contribution in [-0.2, 0) is 11.3 Å². The number of amides is 1. The third kappa shape index (κ3) is 2.84. The maximum absolute atomic E-state index is 9.84. The van der Waals surface area contributed by atoms with Gasteiger partial charge in [0.15, 0.2) is 0 Å². The standard InChI is InChI=1S/C7H11N3O/c11-7-9-2-1-4-10-5-3-8-6-10/h3,5-7H,1-2,4H2,(H,9,11)/p+1. The molecule has 2 N–H and O–H groups in total. The normalized spacial score (nSPS) is 9.45. The number of H-pyrrole nitrogens is 1. The van der Waals surface area contributed by atoms with Gasteiger partial charge in [0, 0.05) is 13.0 Å². The fraction of sp³-hybridized carbons (Fsp3) is 0.429. The van der Waals surface area contributed by atoms with Gasteiger partial charge in [-0.1, -0.05) is 0 Å². The highest BCUT2D eigenvalue weighted by atomic mass is 16.1. The lowest BCUT2D eigenvalue weighted by Crippen LogP contribution is -2.32. The molecule has 1 heterocycles. The predicted molar refractivity (Wildman–Crippen MR) is 39.7 cm³/mol. The Balaban J connectivity index is 2.09. The monoisotopic (exact) mass is 154 g/mol. The van der Waals surface area contributed by atoms with E-state index < -0.39 is 0 Å². The van der Waals surface area contributed by atoms with E-state index in [0.717, 1.165) is 25.9 Å². The molecule has 11 heavy (non-hydrogen) atoms. The number of aromatic amines is 1. The summed E-state index contributed by atoms with van der Waals surface area (Å²) >= 11 is 0. The lowest BCUT2D eigenvalue weighted by Gasteiger charge is -1.95. The van der Waals surface area contributed by atoms with E-state index in [4.69, 9.17) is 0 Å². The van der Waals surface area contributed by atoms with Gasteiger partial charge in [0.2, 0.25) is 12.7 Å². The van der Waals surface area contributed by atoms with Crippen LogP contribution in [0.2, 0.25) is 0 Å². The Morgan fingerprint density at radius 2 is 2.55 bits per heavy atom. The molecular weight excluding hydrogens is 142 g/mol. The van der Waals surface area contributed by atoms with Gasteiger partial charge in [-0.25, -0.2) is 4.57 Å². The fourth-order valence-corrected chi connectivity index (χ4v) is 0.882. The summed E-state index contributed by atoms with van der Waals surface area (Å²) in [7, 11) is 0. The van der Waals surface area contributed by atoms with Crippen molar-refractivity contribution < 1.29 is 9.36 Å². The van der Waals surface area contributed by atoms with Gasteiger partial charge in [0.25, 0.3) is 0 Å². The molecule has 0 aliphatic heterocycles. The lowest BCUT2D eigenvalue weighted by molar-refractivity contribution is -0.695. The molecule has 0 aromatic carbocycles. The van der Waals surface area contributed by atoms with E-state index in [0.29, 0.717) is 0 Å². The van der Waals surface area contributed by atoms with Crippen LogP contribution in [0.5, 0.6) is 0 Å². The first kappa shape index (κ1) is 7.78. The molecule has 0 fully saturated rings. The second-order valence-electron chi connectivity index (χ2n) is 2.27. The minimum atomic E-state index is 0.724. The quantitative estimate of drug-likeness (QED) is 0.333. The molecule has 4 heteroatoms. The molecule has 1 rings (SSSR count). The zero-order chi connectivity index (χ0) is 7.94. The van der Waals surface area contributed by atoms with Crippen LogP contribution in [0, 0.1) is 0 Å². The highest BCUT2D eigenvalue weighted by Crippen LogP contribution is 1.76. The molecule has 1 aromatic rings. The van der Waals surface area contributed by atoms with Crippen molar-refractivity contribution in [2.45, 2.75) is 13.0 Å². The summed E-state index contributed by atoms with van der Waals surface area (Å²) in [6, 6.07) is 0. The van der Waals surface area contributed by atoms with E-state index in [1.807, 2.05) is 23.3 Å². The van der Waals surface area contributed by atoms with Crippen molar-refractivity contribution in [3.8, 4) is 0 Å². The largest absolute Gasteiger partial charge is 0.359 e. The van der Waals surface area contributed by atoms with Crippen molar-refractivity contribution >= 4 is 6.41 Å². The maximum Gasteiger partial charge on any atom is 0.241 e. The molecule has 0 radical (unpaired) electrons. The van der Waals surface area contributed by atoms with Gasteiger partial charge >= 0.3 is 0 Å². The van der Waals surface area contributed by atoms with Gasteiger partial charge < -0.3 is 5.32 Å². The highest BCUT2D eigenvalue weighted by molar-refractivity contribution is 5.45. The Hall–Kier alpha value is -1.32. The van der Waals surface area contributed by atoms with Gasteiger partial charge in [-0.2, -0.15) is 0 Å². The first-order chi connectivity index (χ1) is 5.43. The first-order valence-corrected chi connectivity index (χ1v) is 3.62. The molecule has 1 aromatic heterocycles. The van der Waals surface area contributed by atoms with Crippen LogP contribution in [0.1, 0.15) is 6.42 Å². The lowest BCUT2D eigenvalue weighted by atomic mass is 10.4. The van der Waals surface area contributed by atoms with Gasteiger partial charge in [-0.15, -0.1) is 0 Å². The summed E-state index contributed by atoms with van der Waals surface area (Å²) in [6.45, 7) is 1.67. The topological polar surface area (TPSA) is 48.8 Å². The number of hydrogen-bond acceptors (Lipinski definition) is 1. The molecule has 0 saturated heterocycles. The second kappa shape index (κ2) is 4.49. The molecule has 60 valence electrons. The Bertz CT molecular complexity index is 195. The Kier molecular flexibility index (Phi) is 3.18. The van der Waals surface area contributed by atoms with Gasteiger partial charge in [0.05, 0.1) is 6.54 Å². The van der Waals surface area contributed by atoms with E-state index in [9.17, 15) is 4.79 Å². The predicted octanol–water partition coefficient (Wildman–Crippen LogP) is -0.562. The fourth-order valence-electron chi connectivity index (χ4n) is 0.882. The average Bonchev–Trinajstić information content (AvgIpc) is 2.50. The number of aromatic nitrogens is 2. The van der Waals surface area contributed by atoms with E-state index >= 15 is 0 Å². The van der Waals surface area contributed by atoms with E-state index in [-0.39, 0.29) is 0 Å². The number of carbonyl (C=O) groups excluding carboxylic acids is 1. The van der Waals surface area contributed by atoms with Crippen molar-refractivity contribution in [2.24, 2.45) is 0 Å². The summed E-state index contributed by atoms with van der Waals surface area (Å²) < 4.78 is 2.03. The van der Waals surface area contributed by atoms with Crippen molar-refractivity contribution in [1.29, 1.82) is 0 Å². The highest BCUT2D eigenvalue weighted by Gasteiger charge is 1.94. The van der Waals surface area contributed by atoms with E-state index in [1.54, 1.807) is 0 Å². The van der Waals surface area contributed by atoms with Crippen LogP contribution in [0.25, 0.3) is 0 Å². The van der Waals surface area contributed by atoms with Crippen LogP contribution >= 0.6 is 0 Å². The first-order valence-electron chi connectivity index (χ1n) is 3.62. The van der Waals surface area contributed by atoms with Crippen LogP contribution < -0.4 is 9.88 Å². The average molecular weight is 154 g/mol. The van der Waals surface area contributed by atoms with Crippen molar-refractivity contribution in [2.75, 3.05) is 6.54 Å². The Morgan fingerprint density at radius 3 is 3.18 bits per heavy atom. The van der Waals surface area contributed by atoms with Gasteiger partial charge in [0.1, 0.15) is 12.4 Å². The molecule has 0 aliphatic carbocycles. The Morgan fingerprint density at radius 1 is 1.64 bits per heavy atom. The number of rotatable bonds is 5. The minimum Gasteiger partial charge on any atom is -0.359 e. The molecule has 0 unspecified atom stereocenters. The van der Waals surface area contributed by atoms with Crippen molar-refractivity contribution in [1.82, 2.24) is 10.3 Å². The summed E-state index contributed by atoms with van der Waals surface area (Å²) in [6.07, 6.45) is 7.40. The smallest absolute Gasteiger partial charge is 0.241 e. The van der Waals surface area contributed by atoms with Crippen molar-refractivity contribution in [3.05, 3.63) is 18.7 Å². The number of nitrogens with zero attached hydrogens (tertiary/aromatic N) is 1. The number of aryl methyl sites for hydroxylation is 1. The number of carbonyl (C=O) groups is 1. The van der Waals surface area contributed by atoms with Crippen LogP contribution in [0.15, 0.2) is 18.7 Å². The number of hydrogen-bond donors (Lipinski definition) is 2. The van der Waals surface area contributed by atoms with Crippen LogP contribution in [0.3, 0.4) is 0 Å². The van der Waals surface area contributed by atoms with Crippen LogP contribution in [0.4, 0.5) is 0 Å². The molecule has 0 saturated carbocycles. The minimum absolute atomic E-state index is 0.724. The number of imidazole rings is 1. The molecule has 0 spiro atoms. The van der Waals surface area contributed by atoms with Gasteiger partial charge in [-0.3, -0.25) is 9.78 Å².